The van der Waals surface area contributed by atoms with E-state index in [0.717, 1.165) is 33.7 Å². The minimum Gasteiger partial charge on any atom is -0.741 e. The molecule has 0 N–H and O–H groups in total. The Morgan fingerprint density at radius 1 is 0.543 bits per heavy atom. The molecule has 0 amide bonds. The molecule has 0 radical (unpaired) electrons. The van der Waals surface area contributed by atoms with Crippen molar-refractivity contribution in [3.05, 3.63) is 107 Å². The van der Waals surface area contributed by atoms with Gasteiger partial charge in [-0.05, 0) is 48.5 Å². The second kappa shape index (κ2) is 16.7. The molecule has 0 saturated heterocycles. The van der Waals surface area contributed by atoms with Crippen molar-refractivity contribution in [1.82, 2.24) is 0 Å². The van der Waals surface area contributed by atoms with E-state index < -0.39 is 31.3 Å². The topological polar surface area (TPSA) is 120 Å². The fourth-order valence-electron chi connectivity index (χ4n) is 2.98. The van der Waals surface area contributed by atoms with Crippen LogP contribution >= 0.6 is 0 Å². The SMILES string of the molecule is C[N+](C)=C(C#Cc1ccc(C#CC(c2ccccc2)=[N+](C)C)cc1)c1ccccc1.O=S(=O)([O-])C(F)(F)F.O=S(=O)([O-])C(F)(F)F. The third-order valence-corrected chi connectivity index (χ3v) is 6.23. The average molecular weight is 689 g/mol. The van der Waals surface area contributed by atoms with Gasteiger partial charge in [-0.2, -0.15) is 26.3 Å². The normalized spacial score (nSPS) is 11.0. The van der Waals surface area contributed by atoms with Gasteiger partial charge in [0.05, 0.1) is 11.1 Å². The van der Waals surface area contributed by atoms with Crippen molar-refractivity contribution < 1.29 is 61.4 Å². The molecule has 16 heteroatoms. The summed E-state index contributed by atoms with van der Waals surface area (Å²) >= 11 is 0. The molecule has 0 aliphatic rings. The lowest BCUT2D eigenvalue weighted by Gasteiger charge is -2.08. The molecule has 246 valence electrons. The third-order valence-electron chi connectivity index (χ3n) is 5.09. The number of nitrogens with zero attached hydrogens (tertiary/aromatic N) is 2. The van der Waals surface area contributed by atoms with Crippen molar-refractivity contribution in [3.63, 3.8) is 0 Å². The monoisotopic (exact) mass is 688 g/mol. The first-order valence-electron chi connectivity index (χ1n) is 12.4. The summed E-state index contributed by atoms with van der Waals surface area (Å²) in [6.07, 6.45) is 0. The Kier molecular flexibility index (Phi) is 14.4. The average Bonchev–Trinajstić information content (AvgIpc) is 2.93. The standard InChI is InChI=1S/C28H26N2.2CHF3O3S/c1-29(2)27(25-11-7-5-8-12-25)21-19-23-15-17-24(18-16-23)20-22-28(30(3)4)26-13-9-6-10-14-26;2*2-1(3,4)8(5,6)7/h5-18H,1-4H3;2*(H,5,6,7)/q+2;;/p-2. The van der Waals surface area contributed by atoms with E-state index in [2.05, 4.69) is 47.9 Å². The van der Waals surface area contributed by atoms with Gasteiger partial charge in [0.15, 0.2) is 20.2 Å². The predicted octanol–water partition coefficient (Wildman–Crippen LogP) is 4.02. The van der Waals surface area contributed by atoms with Crippen molar-refractivity contribution in [2.45, 2.75) is 11.0 Å². The molecule has 0 fully saturated rings. The van der Waals surface area contributed by atoms with Gasteiger partial charge in [-0.25, -0.2) is 26.0 Å². The number of hydrogen-bond donors (Lipinski definition) is 0. The maximum atomic E-state index is 10.7. The van der Waals surface area contributed by atoms with Crippen LogP contribution in [0.1, 0.15) is 22.3 Å². The van der Waals surface area contributed by atoms with E-state index in [-0.39, 0.29) is 0 Å². The van der Waals surface area contributed by atoms with Crippen molar-refractivity contribution in [1.29, 1.82) is 0 Å². The van der Waals surface area contributed by atoms with Gasteiger partial charge < -0.3 is 9.11 Å². The summed E-state index contributed by atoms with van der Waals surface area (Å²) in [5.41, 5.74) is -5.14. The minimum absolute atomic E-state index is 0.968. The lowest BCUT2D eigenvalue weighted by atomic mass is 10.1. The van der Waals surface area contributed by atoms with Gasteiger partial charge in [0.25, 0.3) is 11.4 Å². The fraction of sp³-hybridized carbons (Fsp3) is 0.200. The number of benzene rings is 3. The molecule has 0 spiro atoms. The Bertz CT molecular complexity index is 1730. The summed E-state index contributed by atoms with van der Waals surface area (Å²) in [6.45, 7) is 0. The van der Waals surface area contributed by atoms with Gasteiger partial charge in [-0.1, -0.05) is 48.2 Å². The zero-order valence-electron chi connectivity index (χ0n) is 24.5. The van der Waals surface area contributed by atoms with Crippen LogP contribution in [0.2, 0.25) is 0 Å². The van der Waals surface area contributed by atoms with Crippen LogP contribution in [0, 0.1) is 23.7 Å². The highest BCUT2D eigenvalue weighted by Crippen LogP contribution is 2.21. The molecule has 0 atom stereocenters. The van der Waals surface area contributed by atoms with Gasteiger partial charge in [0.1, 0.15) is 28.2 Å². The zero-order valence-corrected chi connectivity index (χ0v) is 26.1. The molecule has 3 aromatic rings. The van der Waals surface area contributed by atoms with E-state index in [1.165, 1.54) is 0 Å². The molecule has 46 heavy (non-hydrogen) atoms. The van der Waals surface area contributed by atoms with E-state index in [4.69, 9.17) is 25.9 Å². The zero-order chi connectivity index (χ0) is 35.3. The first kappa shape index (κ1) is 39.5. The molecule has 0 aliphatic carbocycles. The summed E-state index contributed by atoms with van der Waals surface area (Å²) in [6, 6.07) is 28.5. The molecular formula is C30H26F6N2O6S2. The second-order valence-corrected chi connectivity index (χ2v) is 11.8. The minimum atomic E-state index is -6.09. The van der Waals surface area contributed by atoms with Gasteiger partial charge >= 0.3 is 11.0 Å². The molecule has 0 aromatic heterocycles. The van der Waals surface area contributed by atoms with Crippen LogP contribution in [0.5, 0.6) is 0 Å². The summed E-state index contributed by atoms with van der Waals surface area (Å²) in [7, 11) is -4.12. The highest BCUT2D eigenvalue weighted by Gasteiger charge is 2.37. The number of halogens is 6. The Balaban J connectivity index is 0.000000545. The first-order chi connectivity index (χ1) is 21.0. The molecule has 3 rings (SSSR count). The van der Waals surface area contributed by atoms with Crippen LogP contribution < -0.4 is 0 Å². The van der Waals surface area contributed by atoms with Gasteiger partial charge in [-0.15, -0.1) is 0 Å². The first-order valence-corrected chi connectivity index (χ1v) is 15.2. The fourth-order valence-corrected chi connectivity index (χ4v) is 2.98. The summed E-state index contributed by atoms with van der Waals surface area (Å²) < 4.78 is 122. The number of hydrogen-bond acceptors (Lipinski definition) is 6. The van der Waals surface area contributed by atoms with Crippen molar-refractivity contribution in [2.75, 3.05) is 28.2 Å². The molecule has 3 aromatic carbocycles. The van der Waals surface area contributed by atoms with E-state index in [1.807, 2.05) is 98.0 Å². The van der Waals surface area contributed by atoms with Crippen LogP contribution in [0.3, 0.4) is 0 Å². The molecule has 8 nitrogen and oxygen atoms in total. The molecular weight excluding hydrogens is 662 g/mol. The van der Waals surface area contributed by atoms with Gasteiger partial charge in [0, 0.05) is 23.0 Å². The highest BCUT2D eigenvalue weighted by molar-refractivity contribution is 7.86. The number of rotatable bonds is 2. The lowest BCUT2D eigenvalue weighted by molar-refractivity contribution is -0.462. The van der Waals surface area contributed by atoms with E-state index >= 15 is 0 Å². The van der Waals surface area contributed by atoms with E-state index in [0.29, 0.717) is 0 Å². The van der Waals surface area contributed by atoms with Gasteiger partial charge in [0.2, 0.25) is 0 Å². The maximum Gasteiger partial charge on any atom is 0.485 e. The largest absolute Gasteiger partial charge is 0.741 e. The highest BCUT2D eigenvalue weighted by atomic mass is 32.2. The summed E-state index contributed by atoms with van der Waals surface area (Å²) in [5, 5.41) is 0. The van der Waals surface area contributed by atoms with E-state index in [9.17, 15) is 26.3 Å². The maximum absolute atomic E-state index is 10.7. The molecule has 0 aliphatic heterocycles. The van der Waals surface area contributed by atoms with Crippen LogP contribution in [0.4, 0.5) is 26.3 Å². The Hall–Kier alpha value is -4.48. The Morgan fingerprint density at radius 3 is 0.978 bits per heavy atom. The Labute approximate surface area is 262 Å². The van der Waals surface area contributed by atoms with Crippen molar-refractivity contribution in [2.24, 2.45) is 0 Å². The number of alkyl halides is 6. The molecule has 0 unspecified atom stereocenters. The molecule has 0 saturated carbocycles. The van der Waals surface area contributed by atoms with Crippen LogP contribution in [0.25, 0.3) is 0 Å². The van der Waals surface area contributed by atoms with Crippen molar-refractivity contribution >= 4 is 31.7 Å². The van der Waals surface area contributed by atoms with Crippen molar-refractivity contribution in [3.8, 4) is 23.7 Å². The van der Waals surface area contributed by atoms with Crippen LogP contribution in [-0.4, -0.2) is 85.7 Å². The Morgan fingerprint density at radius 2 is 0.783 bits per heavy atom. The summed E-state index contributed by atoms with van der Waals surface area (Å²) in [5.74, 6) is 13.1. The summed E-state index contributed by atoms with van der Waals surface area (Å²) in [4.78, 5) is 0. The molecule has 0 bridgehead atoms. The van der Waals surface area contributed by atoms with Gasteiger partial charge in [-0.3, -0.25) is 0 Å². The second-order valence-electron chi connectivity index (χ2n) is 9.10. The van der Waals surface area contributed by atoms with Crippen LogP contribution in [0.15, 0.2) is 84.9 Å². The smallest absolute Gasteiger partial charge is 0.485 e. The lowest BCUT2D eigenvalue weighted by Crippen LogP contribution is -2.21. The molecule has 0 heterocycles. The third kappa shape index (κ3) is 13.7. The van der Waals surface area contributed by atoms with Crippen LogP contribution in [-0.2, 0) is 20.2 Å². The predicted molar refractivity (Wildman–Crippen MR) is 157 cm³/mol. The quantitative estimate of drug-likeness (QED) is 0.100. The van der Waals surface area contributed by atoms with E-state index in [1.54, 1.807) is 0 Å².